The van der Waals surface area contributed by atoms with Crippen LogP contribution < -0.4 is 5.73 Å². The Bertz CT molecular complexity index is 888. The third-order valence-electron chi connectivity index (χ3n) is 3.72. The van der Waals surface area contributed by atoms with Crippen molar-refractivity contribution in [2.24, 2.45) is 5.92 Å². The summed E-state index contributed by atoms with van der Waals surface area (Å²) in [5, 5.41) is 13.2. The quantitative estimate of drug-likeness (QED) is 0.841. The highest BCUT2D eigenvalue weighted by Gasteiger charge is 2.28. The van der Waals surface area contributed by atoms with Crippen LogP contribution in [0.15, 0.2) is 5.03 Å². The van der Waals surface area contributed by atoms with Crippen molar-refractivity contribution in [1.82, 2.24) is 14.6 Å². The molecule has 7 nitrogen and oxygen atoms in total. The van der Waals surface area contributed by atoms with Gasteiger partial charge in [0.15, 0.2) is 20.5 Å². The zero-order valence-electron chi connectivity index (χ0n) is 11.8. The first-order valence-corrected chi connectivity index (χ1v) is 8.50. The summed E-state index contributed by atoms with van der Waals surface area (Å²) in [6, 6.07) is 1.82. The summed E-state index contributed by atoms with van der Waals surface area (Å²) in [6.45, 7) is 1.85. The lowest BCUT2D eigenvalue weighted by atomic mass is 10.1. The Morgan fingerprint density at radius 3 is 2.67 bits per heavy atom. The Labute approximate surface area is 122 Å². The molecule has 1 fully saturated rings. The predicted octanol–water partition coefficient (Wildman–Crippen LogP) is 0.848. The predicted molar refractivity (Wildman–Crippen MR) is 76.4 cm³/mol. The maximum atomic E-state index is 11.9. The zero-order valence-corrected chi connectivity index (χ0v) is 12.6. The second kappa shape index (κ2) is 4.43. The topological polar surface area (TPSA) is 114 Å². The van der Waals surface area contributed by atoms with Crippen LogP contribution in [-0.2, 0) is 16.3 Å². The number of fused-ring (bicyclic) bond motifs is 1. The van der Waals surface area contributed by atoms with Gasteiger partial charge >= 0.3 is 0 Å². The molecule has 1 saturated carbocycles. The summed E-state index contributed by atoms with van der Waals surface area (Å²) in [5.41, 5.74) is 7.91. The van der Waals surface area contributed by atoms with E-state index in [0.717, 1.165) is 23.9 Å². The molecular formula is C13H15N5O2S. The Kier molecular flexibility index (Phi) is 2.92. The molecule has 8 heteroatoms. The van der Waals surface area contributed by atoms with Gasteiger partial charge in [-0.05, 0) is 32.1 Å². The highest BCUT2D eigenvalue weighted by Crippen LogP contribution is 2.35. The van der Waals surface area contributed by atoms with Crippen molar-refractivity contribution < 1.29 is 8.42 Å². The second-order valence-corrected chi connectivity index (χ2v) is 7.44. The number of aryl methyl sites for hydroxylation is 1. The van der Waals surface area contributed by atoms with Crippen LogP contribution in [0.5, 0.6) is 0 Å². The molecule has 110 valence electrons. The first-order valence-electron chi connectivity index (χ1n) is 6.60. The zero-order chi connectivity index (χ0) is 15.4. The number of nitrogen functional groups attached to an aromatic ring is 1. The standard InChI is InChI=1S/C13H15N5O2S/c1-7-9(5-8-3-4-8)12-16-13(21(2,19)20)10(6-14)11(15)18(12)17-7/h8H,3-5,15H2,1-2H3. The number of nitrogens with two attached hydrogens (primary N) is 1. The van der Waals surface area contributed by atoms with Crippen LogP contribution in [0.3, 0.4) is 0 Å². The molecule has 0 unspecified atom stereocenters. The average molecular weight is 305 g/mol. The minimum atomic E-state index is -3.63. The minimum Gasteiger partial charge on any atom is -0.382 e. The third-order valence-corrected chi connectivity index (χ3v) is 4.71. The number of rotatable bonds is 3. The Hall–Kier alpha value is -2.14. The highest BCUT2D eigenvalue weighted by atomic mass is 32.2. The molecule has 2 heterocycles. The van der Waals surface area contributed by atoms with Crippen molar-refractivity contribution in [3.8, 4) is 6.07 Å². The molecule has 21 heavy (non-hydrogen) atoms. The molecule has 0 atom stereocenters. The first-order chi connectivity index (χ1) is 9.82. The largest absolute Gasteiger partial charge is 0.382 e. The van der Waals surface area contributed by atoms with Gasteiger partial charge in [-0.15, -0.1) is 0 Å². The van der Waals surface area contributed by atoms with Crippen LogP contribution in [0.2, 0.25) is 0 Å². The van der Waals surface area contributed by atoms with Crippen LogP contribution in [0, 0.1) is 24.2 Å². The highest BCUT2D eigenvalue weighted by molar-refractivity contribution is 7.90. The monoisotopic (exact) mass is 305 g/mol. The Morgan fingerprint density at radius 1 is 1.48 bits per heavy atom. The molecule has 2 aromatic rings. The van der Waals surface area contributed by atoms with E-state index in [9.17, 15) is 13.7 Å². The van der Waals surface area contributed by atoms with Gasteiger partial charge < -0.3 is 5.73 Å². The van der Waals surface area contributed by atoms with E-state index in [1.54, 1.807) is 0 Å². The van der Waals surface area contributed by atoms with Crippen LogP contribution >= 0.6 is 0 Å². The van der Waals surface area contributed by atoms with E-state index in [0.29, 0.717) is 11.6 Å². The van der Waals surface area contributed by atoms with E-state index >= 15 is 0 Å². The molecular weight excluding hydrogens is 290 g/mol. The van der Waals surface area contributed by atoms with Gasteiger partial charge in [0.05, 0.1) is 5.69 Å². The molecule has 3 rings (SSSR count). The molecule has 2 aromatic heterocycles. The molecule has 0 spiro atoms. The van der Waals surface area contributed by atoms with Crippen LogP contribution in [-0.4, -0.2) is 29.3 Å². The number of nitriles is 1. The first kappa shape index (κ1) is 13.8. The van der Waals surface area contributed by atoms with Gasteiger partial charge in [-0.25, -0.2) is 13.4 Å². The van der Waals surface area contributed by atoms with Gasteiger partial charge in [-0.1, -0.05) is 0 Å². The van der Waals surface area contributed by atoms with Gasteiger partial charge in [0.25, 0.3) is 0 Å². The van der Waals surface area contributed by atoms with Crippen molar-refractivity contribution >= 4 is 21.3 Å². The summed E-state index contributed by atoms with van der Waals surface area (Å²) in [4.78, 5) is 4.19. The van der Waals surface area contributed by atoms with Gasteiger partial charge in [-0.2, -0.15) is 14.9 Å². The normalized spacial score (nSPS) is 15.3. The number of hydrogen-bond acceptors (Lipinski definition) is 6. The van der Waals surface area contributed by atoms with E-state index in [-0.39, 0.29) is 16.4 Å². The SMILES string of the molecule is Cc1nn2c(N)c(C#N)c(S(C)(=O)=O)nc2c1CC1CC1. The summed E-state index contributed by atoms with van der Waals surface area (Å²) in [7, 11) is -3.63. The lowest BCUT2D eigenvalue weighted by Gasteiger charge is -2.07. The van der Waals surface area contributed by atoms with Gasteiger partial charge in [0.2, 0.25) is 0 Å². The fourth-order valence-electron chi connectivity index (χ4n) is 2.42. The van der Waals surface area contributed by atoms with E-state index in [1.165, 1.54) is 17.4 Å². The smallest absolute Gasteiger partial charge is 0.194 e. The Morgan fingerprint density at radius 2 is 2.14 bits per heavy atom. The molecule has 1 aliphatic rings. The average Bonchev–Trinajstić information content (AvgIpc) is 3.15. The van der Waals surface area contributed by atoms with Gasteiger partial charge in [-0.3, -0.25) is 0 Å². The van der Waals surface area contributed by atoms with Crippen molar-refractivity contribution in [3.63, 3.8) is 0 Å². The third kappa shape index (κ3) is 2.23. The molecule has 2 N–H and O–H groups in total. The molecule has 0 aromatic carbocycles. The maximum Gasteiger partial charge on any atom is 0.194 e. The molecule has 0 bridgehead atoms. The lowest BCUT2D eigenvalue weighted by Crippen LogP contribution is -2.12. The number of sulfone groups is 1. The van der Waals surface area contributed by atoms with Crippen molar-refractivity contribution in [3.05, 3.63) is 16.8 Å². The maximum absolute atomic E-state index is 11.9. The lowest BCUT2D eigenvalue weighted by molar-refractivity contribution is 0.597. The summed E-state index contributed by atoms with van der Waals surface area (Å²) in [6.07, 6.45) is 4.18. The molecule has 1 aliphatic carbocycles. The van der Waals surface area contributed by atoms with E-state index in [2.05, 4.69) is 10.1 Å². The van der Waals surface area contributed by atoms with E-state index in [4.69, 9.17) is 5.73 Å². The van der Waals surface area contributed by atoms with Crippen molar-refractivity contribution in [2.45, 2.75) is 31.2 Å². The number of anilines is 1. The van der Waals surface area contributed by atoms with E-state index in [1.807, 2.05) is 13.0 Å². The Balaban J connectivity index is 2.36. The second-order valence-electron chi connectivity index (χ2n) is 5.51. The minimum absolute atomic E-state index is 0.0214. The molecule has 0 aliphatic heterocycles. The fraction of sp³-hybridized carbons (Fsp3) is 0.462. The molecule has 0 amide bonds. The van der Waals surface area contributed by atoms with E-state index < -0.39 is 9.84 Å². The molecule has 0 saturated heterocycles. The van der Waals surface area contributed by atoms with Crippen LogP contribution in [0.1, 0.15) is 29.7 Å². The summed E-state index contributed by atoms with van der Waals surface area (Å²) < 4.78 is 25.1. The number of aromatic nitrogens is 3. The van der Waals surface area contributed by atoms with Gasteiger partial charge in [0.1, 0.15) is 17.5 Å². The molecule has 0 radical (unpaired) electrons. The summed E-state index contributed by atoms with van der Waals surface area (Å²) in [5.74, 6) is 0.630. The number of hydrogen-bond donors (Lipinski definition) is 1. The van der Waals surface area contributed by atoms with Crippen molar-refractivity contribution in [2.75, 3.05) is 12.0 Å². The fourth-order valence-corrected chi connectivity index (χ4v) is 3.19. The van der Waals surface area contributed by atoms with Crippen LogP contribution in [0.4, 0.5) is 5.82 Å². The van der Waals surface area contributed by atoms with Crippen molar-refractivity contribution in [1.29, 1.82) is 5.26 Å². The van der Waals surface area contributed by atoms with Crippen LogP contribution in [0.25, 0.3) is 5.65 Å². The summed E-state index contributed by atoms with van der Waals surface area (Å²) >= 11 is 0. The van der Waals surface area contributed by atoms with Gasteiger partial charge in [0, 0.05) is 11.8 Å². The number of nitrogens with zero attached hydrogens (tertiary/aromatic N) is 4.